The fraction of sp³-hybridized carbons (Fsp3) is 0.143. The van der Waals surface area contributed by atoms with Crippen LogP contribution in [0.5, 0.6) is 0 Å². The lowest BCUT2D eigenvalue weighted by Gasteiger charge is -2.00. The molecule has 0 N–H and O–H groups in total. The first-order valence-electron chi connectivity index (χ1n) is 5.40. The molecule has 18 heavy (non-hydrogen) atoms. The van der Waals surface area contributed by atoms with E-state index in [4.69, 9.17) is 4.42 Å². The van der Waals surface area contributed by atoms with E-state index in [-0.39, 0.29) is 5.43 Å². The summed E-state index contributed by atoms with van der Waals surface area (Å²) in [5.74, 6) is -0.470. The largest absolute Gasteiger partial charge is 0.466 e. The van der Waals surface area contributed by atoms with E-state index in [1.54, 1.807) is 31.2 Å². The fourth-order valence-corrected chi connectivity index (χ4v) is 1.65. The quantitative estimate of drug-likeness (QED) is 0.601. The summed E-state index contributed by atoms with van der Waals surface area (Å²) in [6, 6.07) is 6.96. The maximum absolute atomic E-state index is 12.1. The summed E-state index contributed by atoms with van der Waals surface area (Å²) in [5.41, 5.74) is 1.03. The molecular weight excluding hydrogens is 232 g/mol. The van der Waals surface area contributed by atoms with Gasteiger partial charge in [0.05, 0.1) is 18.1 Å². The van der Waals surface area contributed by atoms with Crippen LogP contribution in [0.25, 0.3) is 17.0 Å². The van der Waals surface area contributed by atoms with Gasteiger partial charge in [-0.05, 0) is 25.1 Å². The number of hydrogen-bond donors (Lipinski definition) is 0. The number of fused-ring (bicyclic) bond motifs is 1. The summed E-state index contributed by atoms with van der Waals surface area (Å²) >= 11 is 0. The highest BCUT2D eigenvalue weighted by atomic mass is 16.5. The maximum Gasteiger partial charge on any atom is 0.333 e. The van der Waals surface area contributed by atoms with Crippen molar-refractivity contribution in [1.82, 2.24) is 0 Å². The molecule has 0 fully saturated rings. The first-order valence-corrected chi connectivity index (χ1v) is 5.40. The van der Waals surface area contributed by atoms with Crippen LogP contribution in [0.2, 0.25) is 0 Å². The zero-order chi connectivity index (χ0) is 13.1. The minimum Gasteiger partial charge on any atom is -0.466 e. The minimum atomic E-state index is -0.470. The first kappa shape index (κ1) is 12.1. The van der Waals surface area contributed by atoms with Gasteiger partial charge in [-0.2, -0.15) is 0 Å². The lowest BCUT2D eigenvalue weighted by molar-refractivity contribution is -0.135. The zero-order valence-corrected chi connectivity index (χ0v) is 10.1. The van der Waals surface area contributed by atoms with E-state index in [1.165, 1.54) is 19.4 Å². The summed E-state index contributed by atoms with van der Waals surface area (Å²) in [7, 11) is 1.29. The predicted molar refractivity (Wildman–Crippen MR) is 68.2 cm³/mol. The van der Waals surface area contributed by atoms with E-state index < -0.39 is 5.97 Å². The standard InChI is InChI=1S/C14H12O4/c1-9(14(16)17-2)7-10-8-18-12-6-4-3-5-11(12)13(10)15/h3-8H,1-2H3/b9-7+. The molecule has 0 aliphatic heterocycles. The molecule has 92 valence electrons. The average Bonchev–Trinajstić information content (AvgIpc) is 2.41. The van der Waals surface area contributed by atoms with Crippen LogP contribution in [0.15, 0.2) is 45.3 Å². The Labute approximate surface area is 103 Å². The maximum atomic E-state index is 12.1. The van der Waals surface area contributed by atoms with Crippen LogP contribution in [0, 0.1) is 0 Å². The molecule has 4 nitrogen and oxygen atoms in total. The van der Waals surface area contributed by atoms with E-state index in [1.807, 2.05) is 0 Å². The molecule has 0 aliphatic carbocycles. The fourth-order valence-electron chi connectivity index (χ4n) is 1.65. The zero-order valence-electron chi connectivity index (χ0n) is 10.1. The van der Waals surface area contributed by atoms with Crippen molar-refractivity contribution in [3.63, 3.8) is 0 Å². The van der Waals surface area contributed by atoms with Crippen LogP contribution in [0.1, 0.15) is 12.5 Å². The second-order valence-corrected chi connectivity index (χ2v) is 3.84. The van der Waals surface area contributed by atoms with Gasteiger partial charge in [0.25, 0.3) is 0 Å². The van der Waals surface area contributed by atoms with Crippen molar-refractivity contribution in [2.75, 3.05) is 7.11 Å². The van der Waals surface area contributed by atoms with E-state index in [9.17, 15) is 9.59 Å². The van der Waals surface area contributed by atoms with Crippen LogP contribution in [0.4, 0.5) is 0 Å². The van der Waals surface area contributed by atoms with Crippen molar-refractivity contribution < 1.29 is 13.9 Å². The molecule has 2 aromatic rings. The molecule has 0 spiro atoms. The number of rotatable bonds is 2. The van der Waals surface area contributed by atoms with Gasteiger partial charge in [-0.3, -0.25) is 4.79 Å². The summed E-state index contributed by atoms with van der Waals surface area (Å²) < 4.78 is 9.91. The number of para-hydroxylation sites is 1. The molecular formula is C14H12O4. The normalized spacial score (nSPS) is 11.6. The molecule has 0 bridgehead atoms. The van der Waals surface area contributed by atoms with Crippen LogP contribution < -0.4 is 5.43 Å². The van der Waals surface area contributed by atoms with E-state index in [2.05, 4.69) is 4.74 Å². The van der Waals surface area contributed by atoms with Gasteiger partial charge in [-0.15, -0.1) is 0 Å². The van der Waals surface area contributed by atoms with Crippen molar-refractivity contribution in [1.29, 1.82) is 0 Å². The van der Waals surface area contributed by atoms with Gasteiger partial charge in [-0.25, -0.2) is 4.79 Å². The number of ether oxygens (including phenoxy) is 1. The van der Waals surface area contributed by atoms with Gasteiger partial charge in [0.1, 0.15) is 11.8 Å². The highest BCUT2D eigenvalue weighted by molar-refractivity contribution is 5.93. The molecule has 0 atom stereocenters. The van der Waals surface area contributed by atoms with E-state index in [0.29, 0.717) is 22.1 Å². The highest BCUT2D eigenvalue weighted by Crippen LogP contribution is 2.12. The third kappa shape index (κ3) is 2.18. The molecule has 1 heterocycles. The molecule has 1 aromatic heterocycles. The van der Waals surface area contributed by atoms with Gasteiger partial charge >= 0.3 is 5.97 Å². The van der Waals surface area contributed by atoms with Crippen molar-refractivity contribution >= 4 is 23.0 Å². The number of benzene rings is 1. The van der Waals surface area contributed by atoms with Gasteiger partial charge in [0, 0.05) is 5.57 Å². The molecule has 0 aliphatic rings. The van der Waals surface area contributed by atoms with Gasteiger partial charge in [-0.1, -0.05) is 12.1 Å². The third-order valence-corrected chi connectivity index (χ3v) is 2.59. The second kappa shape index (κ2) is 4.87. The summed E-state index contributed by atoms with van der Waals surface area (Å²) in [4.78, 5) is 23.4. The lowest BCUT2D eigenvalue weighted by atomic mass is 10.1. The van der Waals surface area contributed by atoms with Crippen molar-refractivity contribution in [2.24, 2.45) is 0 Å². The van der Waals surface area contributed by atoms with Crippen molar-refractivity contribution in [3.05, 3.63) is 51.9 Å². The Morgan fingerprint density at radius 2 is 2.06 bits per heavy atom. The molecule has 0 unspecified atom stereocenters. The number of carbonyl (C=O) groups is 1. The van der Waals surface area contributed by atoms with Crippen molar-refractivity contribution in [2.45, 2.75) is 6.92 Å². The van der Waals surface area contributed by atoms with E-state index >= 15 is 0 Å². The molecule has 0 saturated heterocycles. The van der Waals surface area contributed by atoms with Gasteiger partial charge < -0.3 is 9.15 Å². The summed E-state index contributed by atoms with van der Waals surface area (Å²) in [6.45, 7) is 1.58. The van der Waals surface area contributed by atoms with Gasteiger partial charge in [0.15, 0.2) is 5.43 Å². The Bertz CT molecular complexity index is 679. The van der Waals surface area contributed by atoms with Crippen LogP contribution in [-0.2, 0) is 9.53 Å². The predicted octanol–water partition coefficient (Wildman–Crippen LogP) is 2.37. The Morgan fingerprint density at radius 1 is 1.33 bits per heavy atom. The minimum absolute atomic E-state index is 0.167. The summed E-state index contributed by atoms with van der Waals surface area (Å²) in [5, 5.41) is 0.490. The molecule has 2 rings (SSSR count). The average molecular weight is 244 g/mol. The van der Waals surface area contributed by atoms with Crippen LogP contribution in [-0.4, -0.2) is 13.1 Å². The Hall–Kier alpha value is -2.36. The molecule has 0 radical (unpaired) electrons. The van der Waals surface area contributed by atoms with Crippen LogP contribution >= 0.6 is 0 Å². The first-order chi connectivity index (χ1) is 8.63. The molecule has 4 heteroatoms. The number of hydrogen-bond acceptors (Lipinski definition) is 4. The second-order valence-electron chi connectivity index (χ2n) is 3.84. The Balaban J connectivity index is 2.57. The lowest BCUT2D eigenvalue weighted by Crippen LogP contribution is -2.07. The summed E-state index contributed by atoms with van der Waals surface area (Å²) in [6.07, 6.45) is 2.81. The Morgan fingerprint density at radius 3 is 2.78 bits per heavy atom. The topological polar surface area (TPSA) is 56.5 Å². The van der Waals surface area contributed by atoms with Crippen molar-refractivity contribution in [3.8, 4) is 0 Å². The Kier molecular flexibility index (Phi) is 3.28. The van der Waals surface area contributed by atoms with E-state index in [0.717, 1.165) is 0 Å². The van der Waals surface area contributed by atoms with Gasteiger partial charge in [0.2, 0.25) is 0 Å². The smallest absolute Gasteiger partial charge is 0.333 e. The number of esters is 1. The number of methoxy groups -OCH3 is 1. The third-order valence-electron chi connectivity index (χ3n) is 2.59. The SMILES string of the molecule is COC(=O)/C(C)=C/c1coc2ccccc2c1=O. The van der Waals surface area contributed by atoms with Crippen LogP contribution in [0.3, 0.4) is 0 Å². The monoisotopic (exact) mass is 244 g/mol. The molecule has 0 saturated carbocycles. The molecule has 0 amide bonds. The number of carbonyl (C=O) groups excluding carboxylic acids is 1. The highest BCUT2D eigenvalue weighted by Gasteiger charge is 2.08. The molecule has 1 aromatic carbocycles.